The molecule has 0 aliphatic rings. The van der Waals surface area contributed by atoms with Crippen LogP contribution in [0.3, 0.4) is 0 Å². The van der Waals surface area contributed by atoms with Crippen molar-refractivity contribution in [2.75, 3.05) is 0 Å². The molecule has 0 radical (unpaired) electrons. The molecule has 0 fully saturated rings. The van der Waals surface area contributed by atoms with Crippen molar-refractivity contribution in [2.24, 2.45) is 0 Å². The lowest BCUT2D eigenvalue weighted by atomic mass is 10.2. The first kappa shape index (κ1) is 13.0. The van der Waals surface area contributed by atoms with E-state index in [1.807, 2.05) is 0 Å². The maximum atomic E-state index is 13.1. The molecule has 2 aromatic heterocycles. The van der Waals surface area contributed by atoms with Crippen LogP contribution in [0.4, 0.5) is 4.39 Å². The van der Waals surface area contributed by atoms with E-state index >= 15 is 0 Å². The van der Waals surface area contributed by atoms with Gasteiger partial charge in [-0.2, -0.15) is 10.2 Å². The molecule has 0 N–H and O–H groups in total. The number of hydrogen-bond acceptors (Lipinski definition) is 5. The second-order valence-corrected chi connectivity index (χ2v) is 5.76. The Hall–Kier alpha value is -2.04. The van der Waals surface area contributed by atoms with Gasteiger partial charge in [-0.1, -0.05) is 5.16 Å². The van der Waals surface area contributed by atoms with Crippen LogP contribution in [-0.2, 0) is 0 Å². The van der Waals surface area contributed by atoms with Crippen LogP contribution in [0.15, 0.2) is 39.3 Å². The highest BCUT2D eigenvalue weighted by Crippen LogP contribution is 2.31. The fraction of sp³-hybridized carbons (Fsp3) is 0. The molecule has 3 rings (SSSR count). The third-order valence-corrected chi connectivity index (χ3v) is 4.16. The second-order valence-electron chi connectivity index (χ2n) is 3.82. The monoisotopic (exact) mass is 349 g/mol. The summed E-state index contributed by atoms with van der Waals surface area (Å²) in [5.41, 5.74) is 0.637. The number of nitriles is 1. The number of hydrogen-bond donors (Lipinski definition) is 0. The van der Waals surface area contributed by atoms with Crippen molar-refractivity contribution in [3.8, 4) is 28.2 Å². The van der Waals surface area contributed by atoms with Crippen LogP contribution < -0.4 is 0 Å². The highest BCUT2D eigenvalue weighted by molar-refractivity contribution is 9.10. The summed E-state index contributed by atoms with van der Waals surface area (Å²) in [6, 6.07) is 9.73. The number of nitrogens with zero attached hydrogens (tertiary/aromatic N) is 3. The average molecular weight is 350 g/mol. The predicted molar refractivity (Wildman–Crippen MR) is 75.4 cm³/mol. The number of benzene rings is 1. The van der Waals surface area contributed by atoms with Gasteiger partial charge in [0, 0.05) is 10.0 Å². The lowest BCUT2D eigenvalue weighted by Crippen LogP contribution is -1.84. The fourth-order valence-electron chi connectivity index (χ4n) is 1.62. The summed E-state index contributed by atoms with van der Waals surface area (Å²) >= 11 is 4.53. The summed E-state index contributed by atoms with van der Waals surface area (Å²) in [4.78, 5) is 5.55. The van der Waals surface area contributed by atoms with E-state index < -0.39 is 0 Å². The smallest absolute Gasteiger partial charge is 0.268 e. The third-order valence-electron chi connectivity index (χ3n) is 2.53. The molecule has 0 atom stereocenters. The molecule has 4 nitrogen and oxygen atoms in total. The van der Waals surface area contributed by atoms with Crippen molar-refractivity contribution in [3.05, 3.63) is 45.5 Å². The van der Waals surface area contributed by atoms with Crippen molar-refractivity contribution < 1.29 is 8.91 Å². The lowest BCUT2D eigenvalue weighted by Gasteiger charge is -1.97. The maximum Gasteiger partial charge on any atom is 0.268 e. The molecule has 0 spiro atoms. The topological polar surface area (TPSA) is 62.7 Å². The minimum Gasteiger partial charge on any atom is -0.333 e. The van der Waals surface area contributed by atoms with E-state index in [1.54, 1.807) is 18.2 Å². The molecule has 0 saturated heterocycles. The summed E-state index contributed by atoms with van der Waals surface area (Å²) < 4.78 is 18.8. The summed E-state index contributed by atoms with van der Waals surface area (Å²) in [5.74, 6) is 0.350. The third kappa shape index (κ3) is 2.35. The molecule has 0 aliphatic heterocycles. The van der Waals surface area contributed by atoms with E-state index in [0.29, 0.717) is 26.6 Å². The van der Waals surface area contributed by atoms with Gasteiger partial charge in [-0.25, -0.2) is 4.39 Å². The van der Waals surface area contributed by atoms with Crippen LogP contribution in [0.25, 0.3) is 22.2 Å². The van der Waals surface area contributed by atoms with Crippen molar-refractivity contribution in [1.82, 2.24) is 10.1 Å². The standard InChI is InChI=1S/C13H5BrFN3OS/c14-10-5-7(15)1-3-9(10)12-17-13(19-18-12)11-4-2-8(6-16)20-11/h1-5H. The number of aromatic nitrogens is 2. The Morgan fingerprint density at radius 2 is 2.15 bits per heavy atom. The largest absolute Gasteiger partial charge is 0.333 e. The van der Waals surface area contributed by atoms with E-state index in [4.69, 9.17) is 9.78 Å². The van der Waals surface area contributed by atoms with E-state index in [9.17, 15) is 4.39 Å². The first-order valence-electron chi connectivity index (χ1n) is 5.47. The van der Waals surface area contributed by atoms with Crippen molar-refractivity contribution in [1.29, 1.82) is 5.26 Å². The van der Waals surface area contributed by atoms with Gasteiger partial charge in [0.05, 0.1) is 4.88 Å². The van der Waals surface area contributed by atoms with Crippen molar-refractivity contribution in [3.63, 3.8) is 0 Å². The van der Waals surface area contributed by atoms with Crippen LogP contribution in [0.1, 0.15) is 4.88 Å². The normalized spacial score (nSPS) is 10.4. The van der Waals surface area contributed by atoms with Gasteiger partial charge in [-0.15, -0.1) is 11.3 Å². The first-order valence-corrected chi connectivity index (χ1v) is 7.08. The van der Waals surface area contributed by atoms with Crippen LogP contribution in [0, 0.1) is 17.1 Å². The van der Waals surface area contributed by atoms with Gasteiger partial charge in [-0.3, -0.25) is 0 Å². The Labute approximate surface area is 125 Å². The van der Waals surface area contributed by atoms with E-state index in [1.165, 1.54) is 23.5 Å². The first-order chi connectivity index (χ1) is 9.67. The number of halogens is 2. The minimum absolute atomic E-state index is 0.336. The van der Waals surface area contributed by atoms with Crippen LogP contribution in [0.5, 0.6) is 0 Å². The quantitative estimate of drug-likeness (QED) is 0.694. The Bertz CT molecular complexity index is 821. The summed E-state index contributed by atoms with van der Waals surface area (Å²) in [5, 5.41) is 12.7. The Morgan fingerprint density at radius 3 is 2.85 bits per heavy atom. The SMILES string of the molecule is N#Cc1ccc(-c2nc(-c3ccc(F)cc3Br)no2)s1. The summed E-state index contributed by atoms with van der Waals surface area (Å²) in [7, 11) is 0. The zero-order valence-electron chi connectivity index (χ0n) is 9.80. The Balaban J connectivity index is 2.00. The molecule has 0 aliphatic carbocycles. The molecular formula is C13H5BrFN3OS. The number of thiophene rings is 1. The van der Waals surface area contributed by atoms with Gasteiger partial charge in [-0.05, 0) is 46.3 Å². The van der Waals surface area contributed by atoms with E-state index in [-0.39, 0.29) is 5.82 Å². The maximum absolute atomic E-state index is 13.1. The molecule has 0 unspecified atom stereocenters. The molecule has 3 aromatic rings. The van der Waals surface area contributed by atoms with Crippen LogP contribution >= 0.6 is 27.3 Å². The van der Waals surface area contributed by atoms with E-state index in [2.05, 4.69) is 32.1 Å². The minimum atomic E-state index is -0.346. The van der Waals surface area contributed by atoms with Gasteiger partial charge in [0.2, 0.25) is 5.82 Å². The Morgan fingerprint density at radius 1 is 1.30 bits per heavy atom. The molecule has 2 heterocycles. The van der Waals surface area contributed by atoms with E-state index in [0.717, 1.165) is 4.88 Å². The van der Waals surface area contributed by atoms with Gasteiger partial charge in [0.15, 0.2) is 0 Å². The zero-order chi connectivity index (χ0) is 14.1. The molecule has 98 valence electrons. The molecule has 20 heavy (non-hydrogen) atoms. The second kappa shape index (κ2) is 5.15. The van der Waals surface area contributed by atoms with Gasteiger partial charge >= 0.3 is 0 Å². The molecule has 0 bridgehead atoms. The fourth-order valence-corrected chi connectivity index (χ4v) is 2.87. The average Bonchev–Trinajstić information content (AvgIpc) is 3.07. The molecule has 7 heteroatoms. The van der Waals surface area contributed by atoms with Gasteiger partial charge in [0.25, 0.3) is 5.89 Å². The highest BCUT2D eigenvalue weighted by atomic mass is 79.9. The lowest BCUT2D eigenvalue weighted by molar-refractivity contribution is 0.433. The van der Waals surface area contributed by atoms with Gasteiger partial charge < -0.3 is 4.52 Å². The molecule has 0 saturated carbocycles. The Kier molecular flexibility index (Phi) is 3.34. The molecular weight excluding hydrogens is 345 g/mol. The molecule has 0 amide bonds. The summed E-state index contributed by atoms with van der Waals surface area (Å²) in [6.45, 7) is 0. The van der Waals surface area contributed by atoms with Gasteiger partial charge in [0.1, 0.15) is 16.8 Å². The van der Waals surface area contributed by atoms with Crippen LogP contribution in [-0.4, -0.2) is 10.1 Å². The van der Waals surface area contributed by atoms with Crippen molar-refractivity contribution >= 4 is 27.3 Å². The van der Waals surface area contributed by atoms with Crippen LogP contribution in [0.2, 0.25) is 0 Å². The van der Waals surface area contributed by atoms with Crippen molar-refractivity contribution in [2.45, 2.75) is 0 Å². The molecule has 1 aromatic carbocycles. The predicted octanol–water partition coefficient (Wildman–Crippen LogP) is 4.24. The highest BCUT2D eigenvalue weighted by Gasteiger charge is 2.15. The zero-order valence-corrected chi connectivity index (χ0v) is 12.2. The summed E-state index contributed by atoms with van der Waals surface area (Å²) in [6.07, 6.45) is 0. The number of rotatable bonds is 2.